The quantitative estimate of drug-likeness (QED) is 0.826. The summed E-state index contributed by atoms with van der Waals surface area (Å²) < 4.78 is 5.32. The Bertz CT molecular complexity index is 413. The van der Waals surface area contributed by atoms with E-state index in [1.54, 1.807) is 7.11 Å². The minimum absolute atomic E-state index is 0.0787. The van der Waals surface area contributed by atoms with Crippen LogP contribution >= 0.6 is 0 Å². The Balaban J connectivity index is 3.06. The molecule has 0 fully saturated rings. The van der Waals surface area contributed by atoms with Crippen molar-refractivity contribution < 1.29 is 14.6 Å². The Morgan fingerprint density at radius 2 is 2.12 bits per heavy atom. The van der Waals surface area contributed by atoms with Crippen LogP contribution in [0.2, 0.25) is 0 Å². The lowest BCUT2D eigenvalue weighted by Crippen LogP contribution is -2.13. The van der Waals surface area contributed by atoms with Crippen LogP contribution in [0.3, 0.4) is 0 Å². The summed E-state index contributed by atoms with van der Waals surface area (Å²) in [6.07, 6.45) is 0. The number of carboxylic acid groups (broad SMARTS) is 1. The van der Waals surface area contributed by atoms with E-state index in [1.807, 2.05) is 19.1 Å². The second-order valence-electron chi connectivity index (χ2n) is 4.31. The van der Waals surface area contributed by atoms with E-state index in [2.05, 4.69) is 19.2 Å². The molecule has 1 rings (SSSR count). The third-order valence-corrected chi connectivity index (χ3v) is 2.63. The van der Waals surface area contributed by atoms with Crippen molar-refractivity contribution in [2.75, 3.05) is 19.0 Å². The van der Waals surface area contributed by atoms with Crippen LogP contribution in [-0.4, -0.2) is 24.7 Å². The first-order chi connectivity index (χ1) is 7.95. The zero-order chi connectivity index (χ0) is 13.0. The van der Waals surface area contributed by atoms with Crippen LogP contribution in [0.1, 0.15) is 30.9 Å². The van der Waals surface area contributed by atoms with E-state index < -0.39 is 5.97 Å². The summed E-state index contributed by atoms with van der Waals surface area (Å²) in [5, 5.41) is 11.6. The number of aliphatic carboxylic acids is 1. The summed E-state index contributed by atoms with van der Waals surface area (Å²) in [4.78, 5) is 10.5. The van der Waals surface area contributed by atoms with Crippen LogP contribution in [0, 0.1) is 6.92 Å². The number of rotatable bonds is 5. The van der Waals surface area contributed by atoms with Gasteiger partial charge in [0.2, 0.25) is 0 Å². The fraction of sp³-hybridized carbons (Fsp3) is 0.462. The smallest absolute Gasteiger partial charge is 0.322 e. The normalized spacial score (nSPS) is 10.4. The van der Waals surface area contributed by atoms with Crippen molar-refractivity contribution in [1.82, 2.24) is 0 Å². The van der Waals surface area contributed by atoms with Gasteiger partial charge in [0.25, 0.3) is 0 Å². The van der Waals surface area contributed by atoms with E-state index in [9.17, 15) is 4.79 Å². The third-order valence-electron chi connectivity index (χ3n) is 2.63. The van der Waals surface area contributed by atoms with Crippen molar-refractivity contribution >= 4 is 11.7 Å². The molecule has 0 heterocycles. The Hall–Kier alpha value is -1.71. The molecule has 2 N–H and O–H groups in total. The van der Waals surface area contributed by atoms with Crippen LogP contribution in [0.5, 0.6) is 5.75 Å². The molecule has 1 aromatic rings. The second-order valence-corrected chi connectivity index (χ2v) is 4.31. The molecule has 4 nitrogen and oxygen atoms in total. The Labute approximate surface area is 102 Å². The molecule has 0 spiro atoms. The lowest BCUT2D eigenvalue weighted by Gasteiger charge is -2.16. The van der Waals surface area contributed by atoms with E-state index >= 15 is 0 Å². The van der Waals surface area contributed by atoms with Gasteiger partial charge in [0.05, 0.1) is 7.11 Å². The number of hydrogen-bond acceptors (Lipinski definition) is 3. The van der Waals surface area contributed by atoms with E-state index in [-0.39, 0.29) is 6.54 Å². The van der Waals surface area contributed by atoms with Gasteiger partial charge in [0.15, 0.2) is 0 Å². The first kappa shape index (κ1) is 13.4. The van der Waals surface area contributed by atoms with Gasteiger partial charge in [-0.3, -0.25) is 4.79 Å². The van der Waals surface area contributed by atoms with Crippen LogP contribution in [-0.2, 0) is 4.79 Å². The number of methoxy groups -OCH3 is 1. The van der Waals surface area contributed by atoms with Gasteiger partial charge in [-0.05, 0) is 36.1 Å². The van der Waals surface area contributed by atoms with Crippen molar-refractivity contribution in [3.8, 4) is 5.75 Å². The number of carbonyl (C=O) groups is 1. The van der Waals surface area contributed by atoms with Crippen LogP contribution in [0.15, 0.2) is 12.1 Å². The Morgan fingerprint density at radius 3 is 2.59 bits per heavy atom. The van der Waals surface area contributed by atoms with Crippen LogP contribution < -0.4 is 10.1 Å². The highest BCUT2D eigenvalue weighted by atomic mass is 16.5. The minimum Gasteiger partial charge on any atom is -0.496 e. The molecule has 0 aliphatic heterocycles. The molecule has 1 aromatic carbocycles. The highest BCUT2D eigenvalue weighted by Crippen LogP contribution is 2.31. The molecule has 4 heteroatoms. The van der Waals surface area contributed by atoms with Gasteiger partial charge in [-0.15, -0.1) is 0 Å². The molecule has 0 aliphatic carbocycles. The molecule has 0 atom stereocenters. The minimum atomic E-state index is -0.869. The van der Waals surface area contributed by atoms with Crippen molar-refractivity contribution in [3.05, 3.63) is 23.3 Å². The molecule has 0 aliphatic rings. The average Bonchev–Trinajstić information content (AvgIpc) is 2.26. The van der Waals surface area contributed by atoms with Crippen molar-refractivity contribution in [2.24, 2.45) is 0 Å². The predicted octanol–water partition coefficient (Wildman–Crippen LogP) is 2.62. The molecule has 0 saturated heterocycles. The fourth-order valence-corrected chi connectivity index (χ4v) is 1.69. The van der Waals surface area contributed by atoms with Gasteiger partial charge in [-0.1, -0.05) is 13.8 Å². The van der Waals surface area contributed by atoms with Gasteiger partial charge in [0, 0.05) is 5.69 Å². The molecule has 0 unspecified atom stereocenters. The number of hydrogen-bond donors (Lipinski definition) is 2. The highest BCUT2D eigenvalue weighted by Gasteiger charge is 2.11. The van der Waals surface area contributed by atoms with Crippen LogP contribution in [0.4, 0.5) is 5.69 Å². The molecule has 17 heavy (non-hydrogen) atoms. The van der Waals surface area contributed by atoms with Gasteiger partial charge in [0.1, 0.15) is 12.3 Å². The molecular weight excluding hydrogens is 218 g/mol. The number of ether oxygens (including phenoxy) is 1. The maximum atomic E-state index is 10.5. The molecular formula is C13H19NO3. The van der Waals surface area contributed by atoms with Crippen LogP contribution in [0.25, 0.3) is 0 Å². The first-order valence-electron chi connectivity index (χ1n) is 5.60. The standard InChI is InChI=1S/C13H19NO3/c1-8(2)10-6-11(14-7-13(15)16)9(3)5-12(10)17-4/h5-6,8,14H,7H2,1-4H3,(H,15,16). The Morgan fingerprint density at radius 1 is 1.47 bits per heavy atom. The van der Waals surface area contributed by atoms with Gasteiger partial charge < -0.3 is 15.2 Å². The monoisotopic (exact) mass is 237 g/mol. The number of benzene rings is 1. The largest absolute Gasteiger partial charge is 0.496 e. The van der Waals surface area contributed by atoms with E-state index in [4.69, 9.17) is 9.84 Å². The SMILES string of the molecule is COc1cc(C)c(NCC(=O)O)cc1C(C)C. The number of carboxylic acids is 1. The summed E-state index contributed by atoms with van der Waals surface area (Å²) in [5.41, 5.74) is 2.90. The summed E-state index contributed by atoms with van der Waals surface area (Å²) in [6, 6.07) is 3.89. The zero-order valence-corrected chi connectivity index (χ0v) is 10.7. The summed E-state index contributed by atoms with van der Waals surface area (Å²) in [6.45, 7) is 6.00. The molecule has 94 valence electrons. The van der Waals surface area contributed by atoms with E-state index in [1.165, 1.54) is 0 Å². The second kappa shape index (κ2) is 5.57. The first-order valence-corrected chi connectivity index (χ1v) is 5.60. The molecule has 0 aromatic heterocycles. The third kappa shape index (κ3) is 3.37. The average molecular weight is 237 g/mol. The molecule has 0 radical (unpaired) electrons. The lowest BCUT2D eigenvalue weighted by molar-refractivity contribution is -0.134. The van der Waals surface area contributed by atoms with Crippen molar-refractivity contribution in [1.29, 1.82) is 0 Å². The predicted molar refractivity (Wildman–Crippen MR) is 67.9 cm³/mol. The van der Waals surface area contributed by atoms with Gasteiger partial charge >= 0.3 is 5.97 Å². The number of nitrogens with one attached hydrogen (secondary N) is 1. The van der Waals surface area contributed by atoms with E-state index in [0.29, 0.717) is 5.92 Å². The molecule has 0 saturated carbocycles. The summed E-state index contributed by atoms with van der Waals surface area (Å²) in [5.74, 6) is 0.306. The Kier molecular flexibility index (Phi) is 4.37. The van der Waals surface area contributed by atoms with Crippen molar-refractivity contribution in [3.63, 3.8) is 0 Å². The maximum absolute atomic E-state index is 10.5. The summed E-state index contributed by atoms with van der Waals surface area (Å²) >= 11 is 0. The van der Waals surface area contributed by atoms with Crippen molar-refractivity contribution in [2.45, 2.75) is 26.7 Å². The van der Waals surface area contributed by atoms with Gasteiger partial charge in [-0.25, -0.2) is 0 Å². The fourth-order valence-electron chi connectivity index (χ4n) is 1.69. The highest BCUT2D eigenvalue weighted by molar-refractivity contribution is 5.73. The van der Waals surface area contributed by atoms with E-state index in [0.717, 1.165) is 22.6 Å². The summed E-state index contributed by atoms with van der Waals surface area (Å²) in [7, 11) is 1.64. The molecule has 0 bridgehead atoms. The lowest BCUT2D eigenvalue weighted by atomic mass is 9.99. The number of anilines is 1. The topological polar surface area (TPSA) is 58.6 Å². The van der Waals surface area contributed by atoms with Gasteiger partial charge in [-0.2, -0.15) is 0 Å². The molecule has 0 amide bonds. The number of aryl methyl sites for hydroxylation is 1. The zero-order valence-electron chi connectivity index (χ0n) is 10.7. The maximum Gasteiger partial charge on any atom is 0.322 e.